The molecular weight excluding hydrogens is 402 g/mol. The SMILES string of the molecule is CCCCN1C[C@@H](c2nc3ccccc3n2CCCCOc2ccccc2OC)CC1=O. The van der Waals surface area contributed by atoms with Crippen LogP contribution >= 0.6 is 0 Å². The number of carbonyl (C=O) groups is 1. The summed E-state index contributed by atoms with van der Waals surface area (Å²) in [5.41, 5.74) is 2.15. The van der Waals surface area contributed by atoms with E-state index in [9.17, 15) is 4.79 Å². The molecule has 0 spiro atoms. The quantitative estimate of drug-likeness (QED) is 0.397. The first-order valence-electron chi connectivity index (χ1n) is 11.7. The van der Waals surface area contributed by atoms with E-state index in [0.29, 0.717) is 13.0 Å². The summed E-state index contributed by atoms with van der Waals surface area (Å²) in [5.74, 6) is 3.00. The van der Waals surface area contributed by atoms with Crippen molar-refractivity contribution in [1.29, 1.82) is 0 Å². The molecule has 1 amide bonds. The number of benzene rings is 2. The standard InChI is InChI=1S/C26H33N3O3/c1-3-4-15-28-19-20(18-25(28)30)26-27-21-11-5-6-12-22(21)29(26)16-9-10-17-32-24-14-8-7-13-23(24)31-2/h5-8,11-14,20H,3-4,9-10,15-19H2,1-2H3/t20-/m0/s1. The number of amides is 1. The molecule has 0 saturated carbocycles. The lowest BCUT2D eigenvalue weighted by Crippen LogP contribution is -2.26. The first kappa shape index (κ1) is 22.2. The summed E-state index contributed by atoms with van der Waals surface area (Å²) in [7, 11) is 1.66. The minimum Gasteiger partial charge on any atom is -0.493 e. The fourth-order valence-electron chi connectivity index (χ4n) is 4.44. The zero-order chi connectivity index (χ0) is 22.3. The van der Waals surface area contributed by atoms with Crippen LogP contribution in [0, 0.1) is 0 Å². The van der Waals surface area contributed by atoms with Crippen LogP contribution in [0.1, 0.15) is 50.8 Å². The Hall–Kier alpha value is -3.02. The summed E-state index contributed by atoms with van der Waals surface area (Å²) >= 11 is 0. The zero-order valence-electron chi connectivity index (χ0n) is 19.1. The number of ether oxygens (including phenoxy) is 2. The van der Waals surface area contributed by atoms with E-state index < -0.39 is 0 Å². The number of hydrogen-bond donors (Lipinski definition) is 0. The third-order valence-electron chi connectivity index (χ3n) is 6.15. The Morgan fingerprint density at radius 3 is 2.59 bits per heavy atom. The fraction of sp³-hybridized carbons (Fsp3) is 0.462. The van der Waals surface area contributed by atoms with Gasteiger partial charge in [0.15, 0.2) is 11.5 Å². The predicted octanol–water partition coefficient (Wildman–Crippen LogP) is 5.02. The fourth-order valence-corrected chi connectivity index (χ4v) is 4.44. The van der Waals surface area contributed by atoms with E-state index in [-0.39, 0.29) is 11.8 Å². The Bertz CT molecular complexity index is 1050. The number of carbonyl (C=O) groups excluding carboxylic acids is 1. The predicted molar refractivity (Wildman–Crippen MR) is 126 cm³/mol. The van der Waals surface area contributed by atoms with Crippen LogP contribution in [0.15, 0.2) is 48.5 Å². The summed E-state index contributed by atoms with van der Waals surface area (Å²) in [4.78, 5) is 19.5. The smallest absolute Gasteiger partial charge is 0.223 e. The average Bonchev–Trinajstić information content (AvgIpc) is 3.37. The molecule has 1 aromatic heterocycles. The number of nitrogens with zero attached hydrogens (tertiary/aromatic N) is 3. The third kappa shape index (κ3) is 4.90. The molecule has 170 valence electrons. The van der Waals surface area contributed by atoms with Crippen molar-refractivity contribution in [2.24, 2.45) is 0 Å². The van der Waals surface area contributed by atoms with Gasteiger partial charge in [-0.3, -0.25) is 4.79 Å². The van der Waals surface area contributed by atoms with Crippen LogP contribution in [0.5, 0.6) is 11.5 Å². The molecular formula is C26H33N3O3. The molecule has 0 bridgehead atoms. The highest BCUT2D eigenvalue weighted by atomic mass is 16.5. The third-order valence-corrected chi connectivity index (χ3v) is 6.15. The summed E-state index contributed by atoms with van der Waals surface area (Å²) < 4.78 is 13.6. The molecule has 32 heavy (non-hydrogen) atoms. The van der Waals surface area contributed by atoms with Gasteiger partial charge in [0.1, 0.15) is 5.82 Å². The molecule has 6 heteroatoms. The topological polar surface area (TPSA) is 56.6 Å². The molecule has 1 saturated heterocycles. The number of unbranched alkanes of at least 4 members (excludes halogenated alkanes) is 2. The van der Waals surface area contributed by atoms with Gasteiger partial charge in [-0.05, 0) is 43.5 Å². The number of methoxy groups -OCH3 is 1. The largest absolute Gasteiger partial charge is 0.493 e. The number of fused-ring (bicyclic) bond motifs is 1. The molecule has 2 aromatic carbocycles. The molecule has 3 aromatic rings. The Labute approximate surface area is 190 Å². The summed E-state index contributed by atoms with van der Waals surface area (Å²) in [6.45, 7) is 5.29. The van der Waals surface area contributed by atoms with E-state index in [4.69, 9.17) is 14.5 Å². The zero-order valence-corrected chi connectivity index (χ0v) is 19.1. The lowest BCUT2D eigenvalue weighted by molar-refractivity contribution is -0.127. The number of aryl methyl sites for hydroxylation is 1. The van der Waals surface area contributed by atoms with Crippen LogP contribution in [0.4, 0.5) is 0 Å². The maximum atomic E-state index is 12.5. The van der Waals surface area contributed by atoms with Crippen molar-refractivity contribution in [3.63, 3.8) is 0 Å². The monoisotopic (exact) mass is 435 g/mol. The van der Waals surface area contributed by atoms with Crippen molar-refractivity contribution in [2.75, 3.05) is 26.8 Å². The lowest BCUT2D eigenvalue weighted by atomic mass is 10.1. The number of likely N-dealkylation sites (tertiary alicyclic amines) is 1. The van der Waals surface area contributed by atoms with E-state index >= 15 is 0 Å². The van der Waals surface area contributed by atoms with Crippen molar-refractivity contribution in [3.05, 3.63) is 54.4 Å². The van der Waals surface area contributed by atoms with E-state index in [1.807, 2.05) is 35.2 Å². The van der Waals surface area contributed by atoms with Crippen LogP contribution in [0.25, 0.3) is 11.0 Å². The highest BCUT2D eigenvalue weighted by Gasteiger charge is 2.33. The number of imidazole rings is 1. The van der Waals surface area contributed by atoms with Gasteiger partial charge < -0.3 is 18.9 Å². The summed E-state index contributed by atoms with van der Waals surface area (Å²) in [5, 5.41) is 0. The molecule has 0 radical (unpaired) electrons. The summed E-state index contributed by atoms with van der Waals surface area (Å²) in [6.07, 6.45) is 4.62. The molecule has 1 atom stereocenters. The molecule has 1 fully saturated rings. The van der Waals surface area contributed by atoms with Gasteiger partial charge in [0, 0.05) is 32.0 Å². The Morgan fingerprint density at radius 1 is 1.00 bits per heavy atom. The van der Waals surface area contributed by atoms with Gasteiger partial charge >= 0.3 is 0 Å². The molecule has 0 aliphatic carbocycles. The van der Waals surface area contributed by atoms with Crippen molar-refractivity contribution in [1.82, 2.24) is 14.5 Å². The van der Waals surface area contributed by atoms with Crippen LogP contribution in [-0.4, -0.2) is 47.2 Å². The first-order chi connectivity index (χ1) is 15.7. The molecule has 6 nitrogen and oxygen atoms in total. The molecule has 2 heterocycles. The molecule has 0 N–H and O–H groups in total. The van der Waals surface area contributed by atoms with Crippen LogP contribution in [0.2, 0.25) is 0 Å². The Balaban J connectivity index is 1.41. The Kier molecular flexibility index (Phi) is 7.30. The Morgan fingerprint density at radius 2 is 1.78 bits per heavy atom. The molecule has 1 aliphatic heterocycles. The number of aromatic nitrogens is 2. The van der Waals surface area contributed by atoms with Gasteiger partial charge in [-0.2, -0.15) is 0 Å². The second kappa shape index (κ2) is 10.5. The van der Waals surface area contributed by atoms with Gasteiger partial charge in [-0.15, -0.1) is 0 Å². The van der Waals surface area contributed by atoms with Gasteiger partial charge in [0.25, 0.3) is 0 Å². The van der Waals surface area contributed by atoms with E-state index in [1.165, 1.54) is 0 Å². The van der Waals surface area contributed by atoms with Gasteiger partial charge in [-0.25, -0.2) is 4.98 Å². The van der Waals surface area contributed by atoms with Gasteiger partial charge in [0.2, 0.25) is 5.91 Å². The first-order valence-corrected chi connectivity index (χ1v) is 11.7. The number of para-hydroxylation sites is 4. The van der Waals surface area contributed by atoms with E-state index in [2.05, 4.69) is 29.7 Å². The van der Waals surface area contributed by atoms with E-state index in [1.54, 1.807) is 7.11 Å². The van der Waals surface area contributed by atoms with Crippen LogP contribution in [0.3, 0.4) is 0 Å². The maximum Gasteiger partial charge on any atom is 0.223 e. The highest BCUT2D eigenvalue weighted by molar-refractivity contribution is 5.80. The number of hydrogen-bond acceptors (Lipinski definition) is 4. The second-order valence-electron chi connectivity index (χ2n) is 8.41. The highest BCUT2D eigenvalue weighted by Crippen LogP contribution is 2.31. The van der Waals surface area contributed by atoms with Crippen LogP contribution in [-0.2, 0) is 11.3 Å². The normalized spacial score (nSPS) is 16.1. The van der Waals surface area contributed by atoms with Crippen molar-refractivity contribution >= 4 is 16.9 Å². The minimum absolute atomic E-state index is 0.164. The van der Waals surface area contributed by atoms with Crippen molar-refractivity contribution < 1.29 is 14.3 Å². The molecule has 0 unspecified atom stereocenters. The number of rotatable bonds is 11. The van der Waals surface area contributed by atoms with E-state index in [0.717, 1.165) is 73.7 Å². The summed E-state index contributed by atoms with van der Waals surface area (Å²) in [6, 6.07) is 16.0. The lowest BCUT2D eigenvalue weighted by Gasteiger charge is -2.17. The maximum absolute atomic E-state index is 12.5. The van der Waals surface area contributed by atoms with Crippen LogP contribution < -0.4 is 9.47 Å². The minimum atomic E-state index is 0.164. The van der Waals surface area contributed by atoms with Crippen molar-refractivity contribution in [2.45, 2.75) is 51.5 Å². The average molecular weight is 436 g/mol. The van der Waals surface area contributed by atoms with Gasteiger partial charge in [-0.1, -0.05) is 37.6 Å². The molecule has 1 aliphatic rings. The second-order valence-corrected chi connectivity index (χ2v) is 8.41. The van der Waals surface area contributed by atoms with Gasteiger partial charge in [0.05, 0.1) is 24.8 Å². The van der Waals surface area contributed by atoms with Crippen molar-refractivity contribution in [3.8, 4) is 11.5 Å². The molecule has 4 rings (SSSR count).